The molecule has 4 rings (SSSR count). The van der Waals surface area contributed by atoms with Gasteiger partial charge in [0, 0.05) is 10.6 Å². The van der Waals surface area contributed by atoms with Crippen molar-refractivity contribution in [3.05, 3.63) is 127 Å². The van der Waals surface area contributed by atoms with E-state index in [4.69, 9.17) is 11.6 Å². The predicted octanol–water partition coefficient (Wildman–Crippen LogP) is 4.03. The summed E-state index contributed by atoms with van der Waals surface area (Å²) >= 11 is 6.24. The monoisotopic (exact) mass is 492 g/mol. The zero-order valence-electron chi connectivity index (χ0n) is 19.0. The Balaban J connectivity index is 1.84. The fourth-order valence-electron chi connectivity index (χ4n) is 3.57. The molecular weight excluding hydrogens is 471 g/mol. The first-order valence-electron chi connectivity index (χ1n) is 10.9. The standard InChI is InChI=1S/C26H22ClFN4O3/c1-16-12-13-20(14-21(16)27)32-26(35)31(15-19-10-6-7-11-22(19)28)25(34)23(30-32)24(33)29-17(2)18-8-4-3-5-9-18/h3-14,17H,15H2,1-2H3,(H,29,33). The molecule has 0 aliphatic rings. The van der Waals surface area contributed by atoms with Gasteiger partial charge < -0.3 is 5.32 Å². The molecule has 3 aromatic carbocycles. The second-order valence-electron chi connectivity index (χ2n) is 8.07. The van der Waals surface area contributed by atoms with E-state index in [1.54, 1.807) is 32.0 Å². The maximum absolute atomic E-state index is 14.3. The maximum Gasteiger partial charge on any atom is 0.352 e. The fourth-order valence-corrected chi connectivity index (χ4v) is 3.74. The van der Waals surface area contributed by atoms with Crippen molar-refractivity contribution in [1.29, 1.82) is 0 Å². The Kier molecular flexibility index (Phi) is 6.93. The maximum atomic E-state index is 14.3. The van der Waals surface area contributed by atoms with Crippen molar-refractivity contribution in [3.8, 4) is 5.69 Å². The summed E-state index contributed by atoms with van der Waals surface area (Å²) in [5, 5.41) is 7.22. The third kappa shape index (κ3) is 5.07. The van der Waals surface area contributed by atoms with Gasteiger partial charge in [0.25, 0.3) is 11.5 Å². The highest BCUT2D eigenvalue weighted by Gasteiger charge is 2.23. The number of amides is 1. The Morgan fingerprint density at radius 3 is 2.43 bits per heavy atom. The Labute approximate surface area is 205 Å². The zero-order chi connectivity index (χ0) is 25.1. The van der Waals surface area contributed by atoms with Gasteiger partial charge in [0.2, 0.25) is 5.69 Å². The molecule has 0 saturated heterocycles. The summed E-state index contributed by atoms with van der Waals surface area (Å²) in [7, 11) is 0. The summed E-state index contributed by atoms with van der Waals surface area (Å²) in [6, 6.07) is 19.4. The highest BCUT2D eigenvalue weighted by Crippen LogP contribution is 2.18. The number of aromatic nitrogens is 3. The van der Waals surface area contributed by atoms with Crippen LogP contribution in [0.15, 0.2) is 82.4 Å². The van der Waals surface area contributed by atoms with Crippen molar-refractivity contribution in [2.45, 2.75) is 26.4 Å². The van der Waals surface area contributed by atoms with Crippen LogP contribution in [-0.2, 0) is 6.54 Å². The number of hydrogen-bond acceptors (Lipinski definition) is 4. The number of nitrogens with zero attached hydrogens (tertiary/aromatic N) is 3. The first kappa shape index (κ1) is 24.1. The van der Waals surface area contributed by atoms with Crippen molar-refractivity contribution in [1.82, 2.24) is 19.7 Å². The van der Waals surface area contributed by atoms with Crippen LogP contribution < -0.4 is 16.6 Å². The van der Waals surface area contributed by atoms with Crippen LogP contribution in [0, 0.1) is 12.7 Å². The van der Waals surface area contributed by atoms with E-state index in [2.05, 4.69) is 10.4 Å². The van der Waals surface area contributed by atoms with Gasteiger partial charge in [-0.25, -0.2) is 9.18 Å². The molecular formula is C26H22ClFN4O3. The molecule has 4 aromatic rings. The van der Waals surface area contributed by atoms with E-state index in [9.17, 15) is 18.8 Å². The SMILES string of the molecule is Cc1ccc(-n2nc(C(=O)NC(C)c3ccccc3)c(=O)n(Cc3ccccc3F)c2=O)cc1Cl. The van der Waals surface area contributed by atoms with Gasteiger partial charge in [0.1, 0.15) is 5.82 Å². The van der Waals surface area contributed by atoms with Crippen molar-refractivity contribution < 1.29 is 9.18 Å². The highest BCUT2D eigenvalue weighted by atomic mass is 35.5. The molecule has 1 atom stereocenters. The average Bonchev–Trinajstić information content (AvgIpc) is 2.85. The molecule has 0 saturated carbocycles. The third-order valence-corrected chi connectivity index (χ3v) is 6.02. The number of rotatable bonds is 6. The zero-order valence-corrected chi connectivity index (χ0v) is 19.8. The number of carbonyl (C=O) groups excluding carboxylic acids is 1. The molecule has 1 unspecified atom stereocenters. The smallest absolute Gasteiger partial charge is 0.344 e. The molecule has 0 aliphatic carbocycles. The summed E-state index contributed by atoms with van der Waals surface area (Å²) in [6.45, 7) is 3.19. The summed E-state index contributed by atoms with van der Waals surface area (Å²) in [5.41, 5.74) is -0.269. The van der Waals surface area contributed by atoms with Gasteiger partial charge in [0.15, 0.2) is 0 Å². The quantitative estimate of drug-likeness (QED) is 0.440. The molecule has 0 bridgehead atoms. The van der Waals surface area contributed by atoms with Gasteiger partial charge in [-0.15, -0.1) is 0 Å². The molecule has 178 valence electrons. The van der Waals surface area contributed by atoms with Crippen LogP contribution in [0.4, 0.5) is 4.39 Å². The molecule has 1 heterocycles. The third-order valence-electron chi connectivity index (χ3n) is 5.61. The van der Waals surface area contributed by atoms with Gasteiger partial charge in [0.05, 0.1) is 18.3 Å². The molecule has 0 fully saturated rings. The predicted molar refractivity (Wildman–Crippen MR) is 132 cm³/mol. The lowest BCUT2D eigenvalue weighted by atomic mass is 10.1. The number of halogens is 2. The average molecular weight is 493 g/mol. The van der Waals surface area contributed by atoms with E-state index in [1.807, 2.05) is 30.3 Å². The summed E-state index contributed by atoms with van der Waals surface area (Å²) in [4.78, 5) is 39.7. The van der Waals surface area contributed by atoms with Crippen LogP contribution in [0.1, 0.15) is 40.1 Å². The minimum absolute atomic E-state index is 0.121. The lowest BCUT2D eigenvalue weighted by molar-refractivity contribution is 0.0930. The van der Waals surface area contributed by atoms with Crippen LogP contribution in [0.3, 0.4) is 0 Å². The van der Waals surface area contributed by atoms with Gasteiger partial charge in [-0.3, -0.25) is 14.2 Å². The van der Waals surface area contributed by atoms with Crippen LogP contribution >= 0.6 is 11.6 Å². The Morgan fingerprint density at radius 2 is 1.74 bits per heavy atom. The Bertz CT molecular complexity index is 1520. The van der Waals surface area contributed by atoms with E-state index in [1.165, 1.54) is 24.3 Å². The van der Waals surface area contributed by atoms with Gasteiger partial charge in [-0.2, -0.15) is 9.78 Å². The van der Waals surface area contributed by atoms with Crippen LogP contribution in [0.5, 0.6) is 0 Å². The van der Waals surface area contributed by atoms with Crippen molar-refractivity contribution in [2.75, 3.05) is 0 Å². The minimum Gasteiger partial charge on any atom is -0.344 e. The largest absolute Gasteiger partial charge is 0.352 e. The normalized spacial score (nSPS) is 11.8. The van der Waals surface area contributed by atoms with E-state index in [0.29, 0.717) is 5.02 Å². The topological polar surface area (TPSA) is 86.0 Å². The van der Waals surface area contributed by atoms with E-state index >= 15 is 0 Å². The number of aryl methyl sites for hydroxylation is 1. The molecule has 1 N–H and O–H groups in total. The molecule has 9 heteroatoms. The van der Waals surface area contributed by atoms with E-state index < -0.39 is 34.7 Å². The lowest BCUT2D eigenvalue weighted by Crippen LogP contribution is -2.46. The Hall–Kier alpha value is -4.04. The van der Waals surface area contributed by atoms with E-state index in [-0.39, 0.29) is 17.8 Å². The number of carbonyl (C=O) groups is 1. The first-order chi connectivity index (χ1) is 16.8. The fraction of sp³-hybridized carbons (Fsp3) is 0.154. The second kappa shape index (κ2) is 10.1. The highest BCUT2D eigenvalue weighted by molar-refractivity contribution is 6.31. The van der Waals surface area contributed by atoms with Crippen LogP contribution in [0.2, 0.25) is 5.02 Å². The molecule has 0 spiro atoms. The number of nitrogens with one attached hydrogen (secondary N) is 1. The molecule has 0 aliphatic heterocycles. The van der Waals surface area contributed by atoms with Crippen molar-refractivity contribution in [2.24, 2.45) is 0 Å². The molecule has 0 radical (unpaired) electrons. The van der Waals surface area contributed by atoms with Crippen molar-refractivity contribution in [3.63, 3.8) is 0 Å². The summed E-state index contributed by atoms with van der Waals surface area (Å²) < 4.78 is 16.1. The second-order valence-corrected chi connectivity index (χ2v) is 8.47. The first-order valence-corrected chi connectivity index (χ1v) is 11.2. The van der Waals surface area contributed by atoms with Crippen LogP contribution in [-0.4, -0.2) is 20.3 Å². The van der Waals surface area contributed by atoms with Crippen molar-refractivity contribution >= 4 is 17.5 Å². The molecule has 1 amide bonds. The van der Waals surface area contributed by atoms with E-state index in [0.717, 1.165) is 20.4 Å². The summed E-state index contributed by atoms with van der Waals surface area (Å²) in [5.74, 6) is -1.34. The Morgan fingerprint density at radius 1 is 1.06 bits per heavy atom. The number of benzene rings is 3. The molecule has 35 heavy (non-hydrogen) atoms. The molecule has 7 nitrogen and oxygen atoms in total. The van der Waals surface area contributed by atoms with Gasteiger partial charge >= 0.3 is 5.69 Å². The van der Waals surface area contributed by atoms with Gasteiger partial charge in [-0.05, 0) is 43.2 Å². The lowest BCUT2D eigenvalue weighted by Gasteiger charge is -2.16. The minimum atomic E-state index is -0.925. The summed E-state index contributed by atoms with van der Waals surface area (Å²) in [6.07, 6.45) is 0. The molecule has 1 aromatic heterocycles. The van der Waals surface area contributed by atoms with Crippen LogP contribution in [0.25, 0.3) is 5.69 Å². The van der Waals surface area contributed by atoms with Gasteiger partial charge in [-0.1, -0.05) is 66.2 Å². The number of hydrogen-bond donors (Lipinski definition) is 1.